The van der Waals surface area contributed by atoms with E-state index in [9.17, 15) is 5.11 Å². The van der Waals surface area contributed by atoms with E-state index in [0.29, 0.717) is 40.0 Å². The number of hydrogen-bond acceptors (Lipinski definition) is 10. The third kappa shape index (κ3) is 3.84. The first kappa shape index (κ1) is 21.7. The largest absolute Gasteiger partial charge is 0.398 e. The van der Waals surface area contributed by atoms with Crippen LogP contribution in [0.25, 0.3) is 11.5 Å². The summed E-state index contributed by atoms with van der Waals surface area (Å²) in [5.41, 5.74) is 7.99. The number of nitrogens with two attached hydrogens (primary N) is 1. The number of fused-ring (bicyclic) bond motifs is 1. The van der Waals surface area contributed by atoms with Crippen molar-refractivity contribution in [3.05, 3.63) is 41.5 Å². The van der Waals surface area contributed by atoms with Crippen molar-refractivity contribution in [1.29, 1.82) is 0 Å². The lowest BCUT2D eigenvalue weighted by atomic mass is 9.76. The topological polar surface area (TPSA) is 144 Å². The van der Waals surface area contributed by atoms with Crippen LogP contribution in [0.4, 0.5) is 17.3 Å². The van der Waals surface area contributed by atoms with E-state index in [1.54, 1.807) is 24.4 Å². The molecule has 174 valence electrons. The third-order valence-corrected chi connectivity index (χ3v) is 6.73. The standard InChI is InChI=1S/C23H29N7O3/c1-4-23(7-9-25-10-8-23)21-29-19(33-30-21)14-12-26-17(11-15(14)24)27-16-6-5-13-18(28-16)22(2,3)32-20(13)31/h5-6,11-12,20,25,31H,4,7-10H2,1-3H3,(H3,24,26,27,28). The van der Waals surface area contributed by atoms with Crippen LogP contribution in [-0.4, -0.2) is 38.3 Å². The Bertz CT molecular complexity index is 1170. The highest BCUT2D eigenvalue weighted by Crippen LogP contribution is 2.41. The second kappa shape index (κ2) is 8.05. The van der Waals surface area contributed by atoms with E-state index in [-0.39, 0.29) is 5.41 Å². The van der Waals surface area contributed by atoms with Crippen LogP contribution >= 0.6 is 0 Å². The molecule has 5 N–H and O–H groups in total. The molecule has 0 spiro atoms. The van der Waals surface area contributed by atoms with Crippen molar-refractivity contribution in [2.24, 2.45) is 0 Å². The number of ether oxygens (including phenoxy) is 1. The van der Waals surface area contributed by atoms with Crippen LogP contribution in [0, 0.1) is 0 Å². The number of aromatic nitrogens is 4. The number of piperidine rings is 1. The van der Waals surface area contributed by atoms with Gasteiger partial charge in [0, 0.05) is 28.9 Å². The fourth-order valence-corrected chi connectivity index (χ4v) is 4.66. The van der Waals surface area contributed by atoms with Crippen molar-refractivity contribution < 1.29 is 14.4 Å². The molecule has 5 rings (SSSR count). The smallest absolute Gasteiger partial charge is 0.261 e. The maximum Gasteiger partial charge on any atom is 0.261 e. The summed E-state index contributed by atoms with van der Waals surface area (Å²) in [6.07, 6.45) is 3.56. The number of nitrogen functional groups attached to an aromatic ring is 1. The Balaban J connectivity index is 1.37. The molecule has 0 aliphatic carbocycles. The number of rotatable bonds is 5. The van der Waals surface area contributed by atoms with Crippen LogP contribution in [0.1, 0.15) is 63.4 Å². The third-order valence-electron chi connectivity index (χ3n) is 6.73. The molecule has 2 aliphatic heterocycles. The zero-order valence-electron chi connectivity index (χ0n) is 19.1. The van der Waals surface area contributed by atoms with Gasteiger partial charge in [-0.15, -0.1) is 0 Å². The summed E-state index contributed by atoms with van der Waals surface area (Å²) in [6, 6.07) is 5.28. The monoisotopic (exact) mass is 451 g/mol. The van der Waals surface area contributed by atoms with Crippen molar-refractivity contribution in [1.82, 2.24) is 25.4 Å². The molecule has 3 aromatic rings. The van der Waals surface area contributed by atoms with Gasteiger partial charge in [0.25, 0.3) is 5.89 Å². The second-order valence-electron chi connectivity index (χ2n) is 9.20. The first-order valence-electron chi connectivity index (χ1n) is 11.3. The van der Waals surface area contributed by atoms with E-state index < -0.39 is 11.9 Å². The highest BCUT2D eigenvalue weighted by molar-refractivity contribution is 5.73. The van der Waals surface area contributed by atoms with Gasteiger partial charge < -0.3 is 30.7 Å². The zero-order valence-corrected chi connectivity index (χ0v) is 19.1. The minimum absolute atomic E-state index is 0.0685. The number of aliphatic hydroxyl groups excluding tert-OH is 1. The Labute approximate surface area is 192 Å². The Morgan fingerprint density at radius 3 is 2.73 bits per heavy atom. The van der Waals surface area contributed by atoms with Crippen LogP contribution in [0.15, 0.2) is 28.9 Å². The second-order valence-corrected chi connectivity index (χ2v) is 9.20. The summed E-state index contributed by atoms with van der Waals surface area (Å²) in [7, 11) is 0. The number of nitrogens with one attached hydrogen (secondary N) is 2. The lowest BCUT2D eigenvalue weighted by Gasteiger charge is -2.33. The van der Waals surface area contributed by atoms with Crippen LogP contribution in [0.3, 0.4) is 0 Å². The molecule has 1 saturated heterocycles. The number of aliphatic hydroxyl groups is 1. The van der Waals surface area contributed by atoms with E-state index in [4.69, 9.17) is 15.0 Å². The van der Waals surface area contributed by atoms with Crippen LogP contribution < -0.4 is 16.4 Å². The summed E-state index contributed by atoms with van der Waals surface area (Å²) in [5, 5.41) is 20.9. The van der Waals surface area contributed by atoms with Gasteiger partial charge in [-0.2, -0.15) is 4.98 Å². The molecular weight excluding hydrogens is 422 g/mol. The van der Waals surface area contributed by atoms with E-state index >= 15 is 0 Å². The summed E-state index contributed by atoms with van der Waals surface area (Å²) >= 11 is 0. The Morgan fingerprint density at radius 2 is 2.00 bits per heavy atom. The highest BCUT2D eigenvalue weighted by Gasteiger charge is 2.39. The van der Waals surface area contributed by atoms with Gasteiger partial charge >= 0.3 is 0 Å². The van der Waals surface area contributed by atoms with Gasteiger partial charge in [0.2, 0.25) is 0 Å². The predicted molar refractivity (Wildman–Crippen MR) is 123 cm³/mol. The number of hydrogen-bond donors (Lipinski definition) is 4. The molecule has 10 heteroatoms. The van der Waals surface area contributed by atoms with Crippen molar-refractivity contribution in [3.63, 3.8) is 0 Å². The summed E-state index contributed by atoms with van der Waals surface area (Å²) in [5.74, 6) is 2.22. The minimum Gasteiger partial charge on any atom is -0.398 e. The molecule has 0 saturated carbocycles. The van der Waals surface area contributed by atoms with Crippen molar-refractivity contribution in [2.75, 3.05) is 24.1 Å². The molecule has 1 unspecified atom stereocenters. The molecular formula is C23H29N7O3. The van der Waals surface area contributed by atoms with Crippen LogP contribution in [0.5, 0.6) is 0 Å². The number of anilines is 3. The van der Waals surface area contributed by atoms with Gasteiger partial charge in [0.15, 0.2) is 12.1 Å². The Kier molecular flexibility index (Phi) is 5.31. The van der Waals surface area contributed by atoms with E-state index in [1.165, 1.54) is 0 Å². The van der Waals surface area contributed by atoms with Crippen molar-refractivity contribution >= 4 is 17.3 Å². The zero-order chi connectivity index (χ0) is 23.2. The predicted octanol–water partition coefficient (Wildman–Crippen LogP) is 3.14. The molecule has 33 heavy (non-hydrogen) atoms. The fourth-order valence-electron chi connectivity index (χ4n) is 4.66. The molecule has 1 fully saturated rings. The molecule has 1 atom stereocenters. The molecule has 10 nitrogen and oxygen atoms in total. The molecule has 2 aliphatic rings. The van der Waals surface area contributed by atoms with Crippen molar-refractivity contribution in [2.45, 2.75) is 57.3 Å². The lowest BCUT2D eigenvalue weighted by Crippen LogP contribution is -2.40. The fraction of sp³-hybridized carbons (Fsp3) is 0.478. The normalized spacial score (nSPS) is 21.0. The summed E-state index contributed by atoms with van der Waals surface area (Å²) in [6.45, 7) is 7.80. The summed E-state index contributed by atoms with van der Waals surface area (Å²) in [4.78, 5) is 13.8. The van der Waals surface area contributed by atoms with Crippen LogP contribution in [-0.2, 0) is 15.8 Å². The maximum atomic E-state index is 10.1. The van der Waals surface area contributed by atoms with Gasteiger partial charge in [0.05, 0.1) is 11.3 Å². The van der Waals surface area contributed by atoms with Gasteiger partial charge in [-0.1, -0.05) is 12.1 Å². The average Bonchev–Trinajstić information content (AvgIpc) is 3.37. The molecule has 0 amide bonds. The average molecular weight is 452 g/mol. The Morgan fingerprint density at radius 1 is 1.21 bits per heavy atom. The molecule has 3 aromatic heterocycles. The first-order chi connectivity index (χ1) is 15.8. The maximum absolute atomic E-state index is 10.1. The molecule has 5 heterocycles. The molecule has 0 bridgehead atoms. The van der Waals surface area contributed by atoms with E-state index in [1.807, 2.05) is 13.8 Å². The summed E-state index contributed by atoms with van der Waals surface area (Å²) < 4.78 is 11.2. The van der Waals surface area contributed by atoms with Gasteiger partial charge in [-0.25, -0.2) is 9.97 Å². The van der Waals surface area contributed by atoms with Gasteiger partial charge in [-0.3, -0.25) is 0 Å². The lowest BCUT2D eigenvalue weighted by molar-refractivity contribution is -0.158. The van der Waals surface area contributed by atoms with E-state index in [2.05, 4.69) is 37.7 Å². The van der Waals surface area contributed by atoms with Crippen LogP contribution in [0.2, 0.25) is 0 Å². The molecule has 0 radical (unpaired) electrons. The van der Waals surface area contributed by atoms with E-state index in [0.717, 1.165) is 38.2 Å². The Hall–Kier alpha value is -3.08. The molecule has 0 aromatic carbocycles. The SMILES string of the molecule is CCC1(c2noc(-c3cnc(Nc4ccc5c(n4)C(C)(C)OC5O)cc3N)n2)CCNCC1. The highest BCUT2D eigenvalue weighted by atomic mass is 16.6. The van der Waals surface area contributed by atoms with Crippen molar-refractivity contribution in [3.8, 4) is 11.5 Å². The van der Waals surface area contributed by atoms with Gasteiger partial charge in [-0.05, 0) is 58.3 Å². The number of nitrogens with zero attached hydrogens (tertiary/aromatic N) is 4. The quantitative estimate of drug-likeness (QED) is 0.456. The number of pyridine rings is 2. The minimum atomic E-state index is -0.972. The first-order valence-corrected chi connectivity index (χ1v) is 11.3. The van der Waals surface area contributed by atoms with Gasteiger partial charge in [0.1, 0.15) is 17.2 Å².